The van der Waals surface area contributed by atoms with Crippen LogP contribution < -0.4 is 5.73 Å². The first-order chi connectivity index (χ1) is 9.61. The second-order valence-corrected chi connectivity index (χ2v) is 6.08. The number of thioether (sulfide) groups is 1. The normalized spacial score (nSPS) is 36.6. The van der Waals surface area contributed by atoms with Crippen molar-refractivity contribution < 1.29 is 14.9 Å². The van der Waals surface area contributed by atoms with Crippen molar-refractivity contribution in [3.05, 3.63) is 12.7 Å². The molecule has 2 saturated heterocycles. The molecule has 8 nitrogen and oxygen atoms in total. The number of rotatable bonds is 1. The van der Waals surface area contributed by atoms with Crippen LogP contribution in [0, 0.1) is 0 Å². The maximum Gasteiger partial charge on any atom is 0.167 e. The number of fused-ring (bicyclic) bond motifs is 2. The Bertz CT molecular complexity index is 679. The molecule has 2 aromatic heterocycles. The minimum absolute atomic E-state index is 0.274. The highest BCUT2D eigenvalue weighted by Gasteiger charge is 2.58. The van der Waals surface area contributed by atoms with Gasteiger partial charge in [-0.2, -0.15) is 11.8 Å². The third kappa shape index (κ3) is 1.46. The van der Waals surface area contributed by atoms with Gasteiger partial charge in [-0.1, -0.05) is 0 Å². The monoisotopic (exact) mass is 295 g/mol. The van der Waals surface area contributed by atoms with Gasteiger partial charge in [0.1, 0.15) is 29.7 Å². The third-order valence-electron chi connectivity index (χ3n) is 3.91. The summed E-state index contributed by atoms with van der Waals surface area (Å²) in [5.74, 6) is 1.39. The van der Waals surface area contributed by atoms with Gasteiger partial charge >= 0.3 is 0 Å². The van der Waals surface area contributed by atoms with Crippen LogP contribution >= 0.6 is 11.8 Å². The lowest BCUT2D eigenvalue weighted by molar-refractivity contribution is -0.0495. The van der Waals surface area contributed by atoms with Crippen LogP contribution in [-0.2, 0) is 4.74 Å². The lowest BCUT2D eigenvalue weighted by Crippen LogP contribution is -2.46. The molecule has 4 unspecified atom stereocenters. The Morgan fingerprint density at radius 3 is 3.10 bits per heavy atom. The summed E-state index contributed by atoms with van der Waals surface area (Å²) in [6.07, 6.45) is 0.703. The number of aliphatic hydroxyl groups excluding tert-OH is 1. The molecule has 2 aliphatic heterocycles. The zero-order chi connectivity index (χ0) is 13.9. The van der Waals surface area contributed by atoms with Crippen LogP contribution in [-0.4, -0.2) is 59.0 Å². The van der Waals surface area contributed by atoms with Gasteiger partial charge in [-0.05, 0) is 0 Å². The number of ether oxygens (including phenoxy) is 1. The van der Waals surface area contributed by atoms with Gasteiger partial charge in [-0.15, -0.1) is 0 Å². The van der Waals surface area contributed by atoms with Crippen LogP contribution in [0.4, 0.5) is 5.82 Å². The smallest absolute Gasteiger partial charge is 0.167 e. The molecule has 0 bridgehead atoms. The van der Waals surface area contributed by atoms with E-state index in [0.717, 1.165) is 0 Å². The van der Waals surface area contributed by atoms with Crippen molar-refractivity contribution in [1.29, 1.82) is 0 Å². The summed E-state index contributed by atoms with van der Waals surface area (Å²) >= 11 is 1.57. The Labute approximate surface area is 118 Å². The fourth-order valence-electron chi connectivity index (χ4n) is 2.76. The average molecular weight is 295 g/mol. The largest absolute Gasteiger partial charge is 0.385 e. The van der Waals surface area contributed by atoms with Crippen molar-refractivity contribution in [2.75, 3.05) is 17.2 Å². The van der Waals surface area contributed by atoms with Crippen molar-refractivity contribution >= 4 is 28.7 Å². The van der Waals surface area contributed by atoms with E-state index in [1.165, 1.54) is 12.7 Å². The van der Waals surface area contributed by atoms with Crippen LogP contribution in [0.25, 0.3) is 11.2 Å². The predicted octanol–water partition coefficient (Wildman–Crippen LogP) is -0.855. The summed E-state index contributed by atoms with van der Waals surface area (Å²) in [5, 5.41) is 20.9. The summed E-state index contributed by atoms with van der Waals surface area (Å²) in [6.45, 7) is 0. The molecular weight excluding hydrogens is 282 g/mol. The molecule has 0 spiro atoms. The first-order valence-electron chi connectivity index (χ1n) is 6.18. The number of nitrogens with two attached hydrogens (primary N) is 1. The maximum atomic E-state index is 10.5. The molecule has 0 radical (unpaired) electrons. The Hall–Kier alpha value is -1.42. The molecule has 0 amide bonds. The first-order valence-corrected chi connectivity index (χ1v) is 7.33. The molecule has 4 atom stereocenters. The van der Waals surface area contributed by atoms with Gasteiger partial charge in [0.2, 0.25) is 0 Å². The highest BCUT2D eigenvalue weighted by atomic mass is 32.2. The van der Waals surface area contributed by atoms with Crippen molar-refractivity contribution in [3.8, 4) is 0 Å². The second kappa shape index (κ2) is 4.04. The topological polar surface area (TPSA) is 119 Å². The van der Waals surface area contributed by atoms with Crippen LogP contribution in [0.2, 0.25) is 0 Å². The number of aliphatic hydroxyl groups is 2. The van der Waals surface area contributed by atoms with Crippen LogP contribution in [0.1, 0.15) is 6.23 Å². The summed E-state index contributed by atoms with van der Waals surface area (Å²) in [4.78, 5) is 12.1. The molecule has 0 aliphatic carbocycles. The van der Waals surface area contributed by atoms with Crippen LogP contribution in [0.3, 0.4) is 0 Å². The average Bonchev–Trinajstić information content (AvgIpc) is 3.06. The molecular formula is C11H13N5O3S. The van der Waals surface area contributed by atoms with Crippen molar-refractivity contribution in [2.45, 2.75) is 24.0 Å². The molecule has 9 heteroatoms. The molecule has 106 valence electrons. The van der Waals surface area contributed by atoms with E-state index in [4.69, 9.17) is 10.5 Å². The summed E-state index contributed by atoms with van der Waals surface area (Å²) in [6, 6.07) is 0. The Balaban J connectivity index is 1.79. The van der Waals surface area contributed by atoms with E-state index >= 15 is 0 Å². The second-order valence-electron chi connectivity index (χ2n) is 5.05. The molecule has 2 aliphatic rings. The highest BCUT2D eigenvalue weighted by molar-refractivity contribution is 7.99. The minimum atomic E-state index is -1.22. The number of hydrogen-bond donors (Lipinski definition) is 3. The molecule has 4 rings (SSSR count). The van der Waals surface area contributed by atoms with Gasteiger partial charge in [0.05, 0.1) is 6.33 Å². The quantitative estimate of drug-likeness (QED) is 0.622. The van der Waals surface area contributed by atoms with Crippen LogP contribution in [0.5, 0.6) is 0 Å². The van der Waals surface area contributed by atoms with E-state index in [-0.39, 0.29) is 11.9 Å². The van der Waals surface area contributed by atoms with Gasteiger partial charge in [0.25, 0.3) is 0 Å². The molecule has 20 heavy (non-hydrogen) atoms. The standard InChI is InChI=1S/C11H13N5O3S/c12-8-6-9(14-3-13-8)16(4-15-6)10-7(17)11(18)2-20-1-5(11)19-10/h3-5,7,10,17-18H,1-2H2,(H2,12,13,14). The van der Waals surface area contributed by atoms with E-state index in [9.17, 15) is 10.2 Å². The number of anilines is 1. The third-order valence-corrected chi connectivity index (χ3v) is 5.11. The zero-order valence-electron chi connectivity index (χ0n) is 10.4. The maximum absolute atomic E-state index is 10.5. The Morgan fingerprint density at radius 1 is 1.45 bits per heavy atom. The summed E-state index contributed by atoms with van der Waals surface area (Å²) in [7, 11) is 0. The summed E-state index contributed by atoms with van der Waals surface area (Å²) in [5.41, 5.74) is 5.46. The van der Waals surface area contributed by atoms with Crippen molar-refractivity contribution in [2.24, 2.45) is 0 Å². The van der Waals surface area contributed by atoms with E-state index in [0.29, 0.717) is 22.7 Å². The predicted molar refractivity (Wildman–Crippen MR) is 71.9 cm³/mol. The lowest BCUT2D eigenvalue weighted by Gasteiger charge is -2.24. The van der Waals surface area contributed by atoms with E-state index in [1.807, 2.05) is 0 Å². The van der Waals surface area contributed by atoms with Crippen molar-refractivity contribution in [3.63, 3.8) is 0 Å². The molecule has 4 heterocycles. The number of imidazole rings is 1. The SMILES string of the molecule is Nc1ncnc2c1ncn2C1OC2CSCC2(O)C1O. The molecule has 2 fully saturated rings. The number of nitrogens with zero attached hydrogens (tertiary/aromatic N) is 4. The highest BCUT2D eigenvalue weighted by Crippen LogP contribution is 2.45. The number of nitrogen functional groups attached to an aromatic ring is 1. The van der Waals surface area contributed by atoms with Crippen molar-refractivity contribution in [1.82, 2.24) is 19.5 Å². The van der Waals surface area contributed by atoms with Gasteiger partial charge in [0.15, 0.2) is 17.7 Å². The Kier molecular flexibility index (Phi) is 2.49. The minimum Gasteiger partial charge on any atom is -0.385 e. The molecule has 4 N–H and O–H groups in total. The molecule has 2 aromatic rings. The van der Waals surface area contributed by atoms with E-state index in [1.54, 1.807) is 16.3 Å². The molecule has 0 aromatic carbocycles. The zero-order valence-corrected chi connectivity index (χ0v) is 11.2. The fraction of sp³-hybridized carbons (Fsp3) is 0.545. The Morgan fingerprint density at radius 2 is 2.30 bits per heavy atom. The van der Waals surface area contributed by atoms with E-state index in [2.05, 4.69) is 15.0 Å². The van der Waals surface area contributed by atoms with Crippen LogP contribution in [0.15, 0.2) is 12.7 Å². The van der Waals surface area contributed by atoms with Gasteiger partial charge in [-0.3, -0.25) is 4.57 Å². The molecule has 0 saturated carbocycles. The fourth-order valence-corrected chi connectivity index (χ4v) is 4.15. The number of aromatic nitrogens is 4. The first kappa shape index (κ1) is 12.3. The van der Waals surface area contributed by atoms with Gasteiger partial charge in [0, 0.05) is 11.5 Å². The summed E-state index contributed by atoms with van der Waals surface area (Å²) < 4.78 is 7.39. The lowest BCUT2D eigenvalue weighted by atomic mass is 9.96. The van der Waals surface area contributed by atoms with E-state index < -0.39 is 17.9 Å². The van der Waals surface area contributed by atoms with Gasteiger partial charge < -0.3 is 20.7 Å². The number of hydrogen-bond acceptors (Lipinski definition) is 8. The van der Waals surface area contributed by atoms with Gasteiger partial charge in [-0.25, -0.2) is 15.0 Å².